The second-order valence-corrected chi connectivity index (χ2v) is 6.21. The number of amides is 1. The van der Waals surface area contributed by atoms with Crippen LogP contribution in [0.15, 0.2) is 23.8 Å². The molecule has 0 spiro atoms. The summed E-state index contributed by atoms with van der Waals surface area (Å²) in [7, 11) is 0. The predicted octanol–water partition coefficient (Wildman–Crippen LogP) is 2.67. The highest BCUT2D eigenvalue weighted by Crippen LogP contribution is 2.28. The highest BCUT2D eigenvalue weighted by atomic mass is 35.5. The lowest BCUT2D eigenvalue weighted by Gasteiger charge is -2.26. The van der Waals surface area contributed by atoms with Crippen LogP contribution in [-0.2, 0) is 11.2 Å². The SMILES string of the molecule is NC1CCC(NC(=O)C2=Cc3cc(Cl)ccc3C2)CC1. The topological polar surface area (TPSA) is 55.1 Å². The number of rotatable bonds is 2. The van der Waals surface area contributed by atoms with Crippen molar-refractivity contribution in [2.24, 2.45) is 5.73 Å². The van der Waals surface area contributed by atoms with E-state index in [9.17, 15) is 4.79 Å². The first kappa shape index (κ1) is 13.7. The number of halogens is 1. The van der Waals surface area contributed by atoms with E-state index in [1.165, 1.54) is 5.56 Å². The first-order valence-corrected chi connectivity index (χ1v) is 7.55. The van der Waals surface area contributed by atoms with Crippen LogP contribution in [0.4, 0.5) is 0 Å². The lowest BCUT2D eigenvalue weighted by atomic mass is 9.91. The third-order valence-electron chi connectivity index (χ3n) is 4.22. The van der Waals surface area contributed by atoms with Crippen molar-refractivity contribution in [2.45, 2.75) is 44.2 Å². The lowest BCUT2D eigenvalue weighted by Crippen LogP contribution is -2.41. The van der Waals surface area contributed by atoms with Gasteiger partial charge in [-0.1, -0.05) is 17.7 Å². The van der Waals surface area contributed by atoms with Crippen molar-refractivity contribution in [2.75, 3.05) is 0 Å². The number of hydrogen-bond donors (Lipinski definition) is 2. The largest absolute Gasteiger partial charge is 0.350 e. The van der Waals surface area contributed by atoms with Gasteiger partial charge < -0.3 is 11.1 Å². The first-order chi connectivity index (χ1) is 9.61. The molecule has 0 aromatic heterocycles. The minimum Gasteiger partial charge on any atom is -0.350 e. The molecule has 20 heavy (non-hydrogen) atoms. The summed E-state index contributed by atoms with van der Waals surface area (Å²) in [4.78, 5) is 12.3. The number of hydrogen-bond acceptors (Lipinski definition) is 2. The Morgan fingerprint density at radius 3 is 2.75 bits per heavy atom. The normalized spacial score (nSPS) is 25.0. The van der Waals surface area contributed by atoms with Crippen molar-refractivity contribution in [3.8, 4) is 0 Å². The fraction of sp³-hybridized carbons (Fsp3) is 0.438. The van der Waals surface area contributed by atoms with Crippen molar-refractivity contribution >= 4 is 23.6 Å². The van der Waals surface area contributed by atoms with E-state index in [4.69, 9.17) is 17.3 Å². The van der Waals surface area contributed by atoms with Crippen LogP contribution >= 0.6 is 11.6 Å². The van der Waals surface area contributed by atoms with E-state index < -0.39 is 0 Å². The molecule has 1 amide bonds. The number of benzene rings is 1. The molecule has 0 unspecified atom stereocenters. The molecule has 3 rings (SSSR count). The number of fused-ring (bicyclic) bond motifs is 1. The minimum absolute atomic E-state index is 0.0535. The molecule has 2 aliphatic rings. The Labute approximate surface area is 124 Å². The molecular formula is C16H19ClN2O. The minimum atomic E-state index is 0.0535. The van der Waals surface area contributed by atoms with Crippen molar-refractivity contribution in [3.05, 3.63) is 39.9 Å². The zero-order chi connectivity index (χ0) is 14.1. The summed E-state index contributed by atoms with van der Waals surface area (Å²) < 4.78 is 0. The first-order valence-electron chi connectivity index (χ1n) is 7.17. The van der Waals surface area contributed by atoms with Gasteiger partial charge in [-0.05, 0) is 55.0 Å². The Hall–Kier alpha value is -1.32. The summed E-state index contributed by atoms with van der Waals surface area (Å²) in [6.45, 7) is 0. The van der Waals surface area contributed by atoms with Crippen LogP contribution in [0.2, 0.25) is 5.02 Å². The maximum atomic E-state index is 12.3. The van der Waals surface area contributed by atoms with Crippen LogP contribution < -0.4 is 11.1 Å². The molecule has 1 saturated carbocycles. The molecule has 0 saturated heterocycles. The van der Waals surface area contributed by atoms with Gasteiger partial charge in [-0.25, -0.2) is 0 Å². The number of carbonyl (C=O) groups is 1. The highest BCUT2D eigenvalue weighted by Gasteiger charge is 2.23. The van der Waals surface area contributed by atoms with E-state index in [2.05, 4.69) is 5.32 Å². The second-order valence-electron chi connectivity index (χ2n) is 5.77. The van der Waals surface area contributed by atoms with Crippen LogP contribution in [0, 0.1) is 0 Å². The molecule has 0 radical (unpaired) electrons. The Morgan fingerprint density at radius 1 is 1.25 bits per heavy atom. The maximum absolute atomic E-state index is 12.3. The van der Waals surface area contributed by atoms with Gasteiger partial charge in [-0.2, -0.15) is 0 Å². The molecule has 0 aliphatic heterocycles. The Kier molecular flexibility index (Phi) is 3.81. The molecule has 3 N–H and O–H groups in total. The van der Waals surface area contributed by atoms with Gasteiger partial charge in [0.15, 0.2) is 0 Å². The van der Waals surface area contributed by atoms with E-state index in [1.54, 1.807) is 0 Å². The molecule has 3 nitrogen and oxygen atoms in total. The predicted molar refractivity (Wildman–Crippen MR) is 81.5 cm³/mol. The van der Waals surface area contributed by atoms with E-state index in [1.807, 2.05) is 24.3 Å². The maximum Gasteiger partial charge on any atom is 0.247 e. The molecular weight excluding hydrogens is 272 g/mol. The number of nitrogens with one attached hydrogen (secondary N) is 1. The van der Waals surface area contributed by atoms with Crippen LogP contribution in [-0.4, -0.2) is 18.0 Å². The Bertz CT molecular complexity index is 560. The smallest absolute Gasteiger partial charge is 0.247 e. The molecule has 0 heterocycles. The zero-order valence-electron chi connectivity index (χ0n) is 11.4. The van der Waals surface area contributed by atoms with Gasteiger partial charge in [0.25, 0.3) is 0 Å². The Balaban J connectivity index is 1.63. The third kappa shape index (κ3) is 2.89. The summed E-state index contributed by atoms with van der Waals surface area (Å²) in [5.41, 5.74) is 8.95. The summed E-state index contributed by atoms with van der Waals surface area (Å²) >= 11 is 5.98. The van der Waals surface area contributed by atoms with Crippen LogP contribution in [0.5, 0.6) is 0 Å². The van der Waals surface area contributed by atoms with Gasteiger partial charge in [0, 0.05) is 29.1 Å². The van der Waals surface area contributed by atoms with E-state index in [0.29, 0.717) is 17.5 Å². The van der Waals surface area contributed by atoms with Crippen molar-refractivity contribution in [1.82, 2.24) is 5.32 Å². The molecule has 2 aliphatic carbocycles. The van der Waals surface area contributed by atoms with Crippen LogP contribution in [0.25, 0.3) is 6.08 Å². The van der Waals surface area contributed by atoms with Gasteiger partial charge in [-0.15, -0.1) is 0 Å². The van der Waals surface area contributed by atoms with Gasteiger partial charge in [0.1, 0.15) is 0 Å². The standard InChI is InChI=1S/C16H19ClN2O/c17-13-2-1-10-7-12(8-11(10)9-13)16(20)19-15-5-3-14(18)4-6-15/h1-2,8-9,14-15H,3-7,18H2,(H,19,20). The monoisotopic (exact) mass is 290 g/mol. The zero-order valence-corrected chi connectivity index (χ0v) is 12.1. The summed E-state index contributed by atoms with van der Waals surface area (Å²) in [5, 5.41) is 3.85. The molecule has 1 aromatic rings. The van der Waals surface area contributed by atoms with Gasteiger partial charge >= 0.3 is 0 Å². The van der Waals surface area contributed by atoms with E-state index in [-0.39, 0.29) is 11.9 Å². The van der Waals surface area contributed by atoms with Gasteiger partial charge in [0.2, 0.25) is 5.91 Å². The molecule has 1 fully saturated rings. The quantitative estimate of drug-likeness (QED) is 0.880. The lowest BCUT2D eigenvalue weighted by molar-refractivity contribution is -0.118. The van der Waals surface area contributed by atoms with Crippen LogP contribution in [0.1, 0.15) is 36.8 Å². The van der Waals surface area contributed by atoms with E-state index in [0.717, 1.165) is 36.8 Å². The van der Waals surface area contributed by atoms with Crippen LogP contribution in [0.3, 0.4) is 0 Å². The molecule has 0 atom stereocenters. The highest BCUT2D eigenvalue weighted by molar-refractivity contribution is 6.30. The molecule has 1 aromatic carbocycles. The summed E-state index contributed by atoms with van der Waals surface area (Å²) in [6.07, 6.45) is 6.62. The van der Waals surface area contributed by atoms with Gasteiger partial charge in [-0.3, -0.25) is 4.79 Å². The van der Waals surface area contributed by atoms with Crippen molar-refractivity contribution in [3.63, 3.8) is 0 Å². The summed E-state index contributed by atoms with van der Waals surface area (Å²) in [6, 6.07) is 6.36. The average molecular weight is 291 g/mol. The van der Waals surface area contributed by atoms with Gasteiger partial charge in [0.05, 0.1) is 0 Å². The molecule has 4 heteroatoms. The third-order valence-corrected chi connectivity index (χ3v) is 4.45. The fourth-order valence-electron chi connectivity index (χ4n) is 2.99. The fourth-order valence-corrected chi connectivity index (χ4v) is 3.17. The van der Waals surface area contributed by atoms with E-state index >= 15 is 0 Å². The number of carbonyl (C=O) groups excluding carboxylic acids is 1. The average Bonchev–Trinajstić information content (AvgIpc) is 2.84. The number of nitrogens with two attached hydrogens (primary N) is 1. The summed E-state index contributed by atoms with van der Waals surface area (Å²) in [5.74, 6) is 0.0535. The molecule has 106 valence electrons. The second kappa shape index (κ2) is 5.58. The molecule has 0 bridgehead atoms. The Morgan fingerprint density at radius 2 is 2.00 bits per heavy atom. The van der Waals surface area contributed by atoms with Crippen molar-refractivity contribution < 1.29 is 4.79 Å². The van der Waals surface area contributed by atoms with Crippen molar-refractivity contribution in [1.29, 1.82) is 0 Å².